The number of benzene rings is 1. The molecular weight excluding hydrogens is 261 g/mol. The van der Waals surface area contributed by atoms with Crippen LogP contribution < -0.4 is 0 Å². The molecule has 0 radical (unpaired) electrons. The highest BCUT2D eigenvalue weighted by Crippen LogP contribution is 2.19. The minimum absolute atomic E-state index is 0.128. The summed E-state index contributed by atoms with van der Waals surface area (Å²) in [5.74, 6) is -3.77. The standard InChI is InChI=1S/C12H11F3N2S/c1-6(2)10-5-11(18)17(16-10)7-3-8(13)12(15)9(14)4-7/h3-6,16H,1-2H3. The molecule has 0 atom stereocenters. The third kappa shape index (κ3) is 2.20. The van der Waals surface area contributed by atoms with Crippen LogP contribution in [0, 0.1) is 22.1 Å². The average Bonchev–Trinajstić information content (AvgIpc) is 2.68. The summed E-state index contributed by atoms with van der Waals surface area (Å²) in [5.41, 5.74) is 0.966. The van der Waals surface area contributed by atoms with Gasteiger partial charge in [-0.1, -0.05) is 26.1 Å². The fourth-order valence-corrected chi connectivity index (χ4v) is 1.85. The van der Waals surface area contributed by atoms with Gasteiger partial charge in [-0.15, -0.1) is 0 Å². The summed E-state index contributed by atoms with van der Waals surface area (Å²) in [6, 6.07) is 3.50. The summed E-state index contributed by atoms with van der Waals surface area (Å²) < 4.78 is 40.9. The highest BCUT2D eigenvalue weighted by atomic mass is 32.1. The molecule has 0 saturated carbocycles. The first-order valence-electron chi connectivity index (χ1n) is 5.37. The number of rotatable bonds is 2. The van der Waals surface area contributed by atoms with Crippen LogP contribution >= 0.6 is 12.2 Å². The summed E-state index contributed by atoms with van der Waals surface area (Å²) in [6.07, 6.45) is 0. The molecule has 0 spiro atoms. The van der Waals surface area contributed by atoms with E-state index >= 15 is 0 Å². The number of H-pyrrole nitrogens is 1. The third-order valence-corrected chi connectivity index (χ3v) is 2.89. The first-order chi connectivity index (χ1) is 8.40. The van der Waals surface area contributed by atoms with Gasteiger partial charge in [-0.2, -0.15) is 0 Å². The zero-order valence-electron chi connectivity index (χ0n) is 9.80. The summed E-state index contributed by atoms with van der Waals surface area (Å²) >= 11 is 5.09. The fraction of sp³-hybridized carbons (Fsp3) is 0.250. The van der Waals surface area contributed by atoms with Gasteiger partial charge in [0.15, 0.2) is 17.5 Å². The summed E-state index contributed by atoms with van der Waals surface area (Å²) in [6.45, 7) is 3.91. The highest BCUT2D eigenvalue weighted by Gasteiger charge is 2.13. The number of hydrogen-bond acceptors (Lipinski definition) is 1. The summed E-state index contributed by atoms with van der Waals surface area (Å²) in [7, 11) is 0. The molecule has 0 amide bonds. The molecule has 2 aromatic rings. The molecular formula is C12H11F3N2S. The molecule has 0 bridgehead atoms. The van der Waals surface area contributed by atoms with Crippen LogP contribution in [0.2, 0.25) is 0 Å². The number of halogens is 3. The molecule has 18 heavy (non-hydrogen) atoms. The van der Waals surface area contributed by atoms with Crippen molar-refractivity contribution in [2.45, 2.75) is 19.8 Å². The topological polar surface area (TPSA) is 20.7 Å². The van der Waals surface area contributed by atoms with Crippen molar-refractivity contribution in [3.05, 3.63) is 46.0 Å². The van der Waals surface area contributed by atoms with Crippen molar-refractivity contribution in [1.29, 1.82) is 0 Å². The quantitative estimate of drug-likeness (QED) is 0.645. The van der Waals surface area contributed by atoms with E-state index in [0.717, 1.165) is 17.8 Å². The molecule has 1 heterocycles. The van der Waals surface area contributed by atoms with Crippen LogP contribution in [0.3, 0.4) is 0 Å². The van der Waals surface area contributed by atoms with Crippen molar-refractivity contribution < 1.29 is 13.2 Å². The molecule has 0 aliphatic carbocycles. The molecule has 1 aromatic heterocycles. The van der Waals surface area contributed by atoms with E-state index in [1.54, 1.807) is 6.07 Å². The molecule has 0 aliphatic rings. The molecule has 6 heteroatoms. The van der Waals surface area contributed by atoms with E-state index in [1.807, 2.05) is 13.8 Å². The molecule has 96 valence electrons. The molecule has 1 N–H and O–H groups in total. The Morgan fingerprint density at radius 1 is 1.11 bits per heavy atom. The normalized spacial score (nSPS) is 11.2. The largest absolute Gasteiger partial charge is 0.297 e. The highest BCUT2D eigenvalue weighted by molar-refractivity contribution is 7.71. The molecule has 0 aliphatic heterocycles. The Balaban J connectivity index is 2.59. The van der Waals surface area contributed by atoms with Gasteiger partial charge in [0.1, 0.15) is 4.64 Å². The van der Waals surface area contributed by atoms with Crippen LogP contribution in [-0.4, -0.2) is 9.78 Å². The summed E-state index contributed by atoms with van der Waals surface area (Å²) in [4.78, 5) is 0. The zero-order valence-corrected chi connectivity index (χ0v) is 10.6. The number of aromatic nitrogens is 2. The maximum atomic E-state index is 13.1. The lowest BCUT2D eigenvalue weighted by Gasteiger charge is -2.06. The van der Waals surface area contributed by atoms with E-state index in [0.29, 0.717) is 4.64 Å². The van der Waals surface area contributed by atoms with Gasteiger partial charge in [-0.25, -0.2) is 17.9 Å². The van der Waals surface area contributed by atoms with Gasteiger partial charge in [0.25, 0.3) is 0 Å². The van der Waals surface area contributed by atoms with Crippen molar-refractivity contribution in [2.24, 2.45) is 0 Å². The predicted molar refractivity (Wildman–Crippen MR) is 64.9 cm³/mol. The Morgan fingerprint density at radius 2 is 1.67 bits per heavy atom. The van der Waals surface area contributed by atoms with E-state index in [-0.39, 0.29) is 11.6 Å². The molecule has 2 nitrogen and oxygen atoms in total. The first-order valence-corrected chi connectivity index (χ1v) is 5.78. The van der Waals surface area contributed by atoms with Crippen molar-refractivity contribution in [2.75, 3.05) is 0 Å². The maximum absolute atomic E-state index is 13.1. The van der Waals surface area contributed by atoms with Crippen LogP contribution in [0.15, 0.2) is 18.2 Å². The van der Waals surface area contributed by atoms with E-state index in [9.17, 15) is 13.2 Å². The lowest BCUT2D eigenvalue weighted by molar-refractivity contribution is 0.446. The maximum Gasteiger partial charge on any atom is 0.194 e. The number of nitrogens with zero attached hydrogens (tertiary/aromatic N) is 1. The number of nitrogens with one attached hydrogen (secondary N) is 1. The van der Waals surface area contributed by atoms with Gasteiger partial charge in [-0.3, -0.25) is 5.10 Å². The predicted octanol–water partition coefficient (Wildman–Crippen LogP) is 4.08. The van der Waals surface area contributed by atoms with E-state index in [4.69, 9.17) is 12.2 Å². The molecule has 0 unspecified atom stereocenters. The zero-order chi connectivity index (χ0) is 13.4. The van der Waals surface area contributed by atoms with E-state index in [1.165, 1.54) is 4.68 Å². The summed E-state index contributed by atoms with van der Waals surface area (Å²) in [5, 5.41) is 2.93. The van der Waals surface area contributed by atoms with Gasteiger partial charge in [0.05, 0.1) is 5.69 Å². The van der Waals surface area contributed by atoms with E-state index in [2.05, 4.69) is 5.10 Å². The first kappa shape index (κ1) is 12.9. The Bertz CT molecular complexity index is 620. The minimum Gasteiger partial charge on any atom is -0.297 e. The number of aromatic amines is 1. The van der Waals surface area contributed by atoms with Crippen molar-refractivity contribution in [1.82, 2.24) is 9.78 Å². The van der Waals surface area contributed by atoms with Crippen LogP contribution in [-0.2, 0) is 0 Å². The fourth-order valence-electron chi connectivity index (χ4n) is 1.57. The van der Waals surface area contributed by atoms with Gasteiger partial charge >= 0.3 is 0 Å². The third-order valence-electron chi connectivity index (χ3n) is 2.59. The Hall–Kier alpha value is -1.56. The van der Waals surface area contributed by atoms with Crippen LogP contribution in [0.5, 0.6) is 0 Å². The van der Waals surface area contributed by atoms with Crippen LogP contribution in [0.4, 0.5) is 13.2 Å². The monoisotopic (exact) mass is 272 g/mol. The average molecular weight is 272 g/mol. The van der Waals surface area contributed by atoms with Crippen molar-refractivity contribution >= 4 is 12.2 Å². The van der Waals surface area contributed by atoms with Gasteiger partial charge < -0.3 is 0 Å². The van der Waals surface area contributed by atoms with Crippen molar-refractivity contribution in [3.8, 4) is 5.69 Å². The van der Waals surface area contributed by atoms with Gasteiger partial charge in [-0.05, 0) is 12.0 Å². The van der Waals surface area contributed by atoms with Gasteiger partial charge in [0.2, 0.25) is 0 Å². The smallest absolute Gasteiger partial charge is 0.194 e. The second-order valence-corrected chi connectivity index (χ2v) is 4.68. The molecule has 0 fully saturated rings. The lowest BCUT2D eigenvalue weighted by Crippen LogP contribution is -2.02. The van der Waals surface area contributed by atoms with Crippen LogP contribution in [0.25, 0.3) is 5.69 Å². The minimum atomic E-state index is -1.49. The number of hydrogen-bond donors (Lipinski definition) is 1. The Labute approximate surface area is 107 Å². The van der Waals surface area contributed by atoms with Gasteiger partial charge in [0, 0.05) is 17.8 Å². The van der Waals surface area contributed by atoms with Crippen LogP contribution in [0.1, 0.15) is 25.5 Å². The Kier molecular flexibility index (Phi) is 3.30. The SMILES string of the molecule is CC(C)c1cc(=S)n(-c2cc(F)c(F)c(F)c2)[nH]1. The lowest BCUT2D eigenvalue weighted by atomic mass is 10.1. The second kappa shape index (κ2) is 4.61. The molecule has 2 rings (SSSR count). The van der Waals surface area contributed by atoms with E-state index < -0.39 is 17.5 Å². The molecule has 0 saturated heterocycles. The second-order valence-electron chi connectivity index (χ2n) is 4.26. The molecule has 1 aromatic carbocycles. The van der Waals surface area contributed by atoms with Crippen molar-refractivity contribution in [3.63, 3.8) is 0 Å². The Morgan fingerprint density at radius 3 is 2.11 bits per heavy atom.